The largest absolute Gasteiger partial charge is 0.489 e. The van der Waals surface area contributed by atoms with E-state index >= 15 is 0 Å². The van der Waals surface area contributed by atoms with Gasteiger partial charge in [0.25, 0.3) is 0 Å². The maximum atomic E-state index is 5.91. The molecule has 2 nitrogen and oxygen atoms in total. The van der Waals surface area contributed by atoms with Crippen LogP contribution in [0.2, 0.25) is 0 Å². The Kier molecular flexibility index (Phi) is 5.03. The van der Waals surface area contributed by atoms with Gasteiger partial charge in [-0.3, -0.25) is 0 Å². The number of ether oxygens (including phenoxy) is 1. The molecule has 0 amide bonds. The van der Waals surface area contributed by atoms with Crippen LogP contribution < -0.4 is 10.1 Å². The van der Waals surface area contributed by atoms with Crippen molar-refractivity contribution in [2.45, 2.75) is 39.3 Å². The molecular weight excluding hydrogens is 258 g/mol. The fraction of sp³-hybridized carbons (Fsp3) is 0.368. The third-order valence-corrected chi connectivity index (χ3v) is 3.51. The first-order valence-electron chi connectivity index (χ1n) is 7.45. The second-order valence-corrected chi connectivity index (χ2v) is 6.41. The molecule has 21 heavy (non-hydrogen) atoms. The lowest BCUT2D eigenvalue weighted by Crippen LogP contribution is -2.11. The van der Waals surface area contributed by atoms with E-state index in [1.807, 2.05) is 13.1 Å². The summed E-state index contributed by atoms with van der Waals surface area (Å²) in [6.45, 7) is 8.15. The normalized spacial score (nSPS) is 11.4. The Hall–Kier alpha value is -1.80. The predicted molar refractivity (Wildman–Crippen MR) is 88.7 cm³/mol. The highest BCUT2D eigenvalue weighted by molar-refractivity contribution is 5.33. The minimum atomic E-state index is 0.147. The third-order valence-electron chi connectivity index (χ3n) is 3.51. The Bertz CT molecular complexity index is 567. The molecule has 2 heteroatoms. The standard InChI is InChI=1S/C19H25NO/c1-19(2,3)17-6-5-7-18(12-17)21-14-16-10-8-15(9-11-16)13-20-4/h5-12,20H,13-14H2,1-4H3. The lowest BCUT2D eigenvalue weighted by Gasteiger charge is -2.19. The van der Waals surface area contributed by atoms with Crippen LogP contribution in [0, 0.1) is 0 Å². The van der Waals surface area contributed by atoms with Crippen molar-refractivity contribution in [1.29, 1.82) is 0 Å². The molecule has 0 saturated carbocycles. The van der Waals surface area contributed by atoms with Crippen molar-refractivity contribution in [2.75, 3.05) is 7.05 Å². The second-order valence-electron chi connectivity index (χ2n) is 6.41. The number of rotatable bonds is 5. The van der Waals surface area contributed by atoms with Crippen LogP contribution in [-0.4, -0.2) is 7.05 Å². The highest BCUT2D eigenvalue weighted by Crippen LogP contribution is 2.26. The Balaban J connectivity index is 1.99. The third kappa shape index (κ3) is 4.61. The molecule has 0 aliphatic rings. The van der Waals surface area contributed by atoms with Gasteiger partial charge in [0.15, 0.2) is 0 Å². The molecule has 1 N–H and O–H groups in total. The average molecular weight is 283 g/mol. The van der Waals surface area contributed by atoms with Crippen molar-refractivity contribution in [3.63, 3.8) is 0 Å². The van der Waals surface area contributed by atoms with Crippen LogP contribution in [0.1, 0.15) is 37.5 Å². The summed E-state index contributed by atoms with van der Waals surface area (Å²) in [4.78, 5) is 0. The fourth-order valence-corrected chi connectivity index (χ4v) is 2.18. The van der Waals surface area contributed by atoms with Crippen molar-refractivity contribution in [1.82, 2.24) is 5.32 Å². The van der Waals surface area contributed by atoms with Gasteiger partial charge >= 0.3 is 0 Å². The zero-order valence-electron chi connectivity index (χ0n) is 13.4. The second kappa shape index (κ2) is 6.77. The molecule has 0 atom stereocenters. The van der Waals surface area contributed by atoms with Gasteiger partial charge in [-0.25, -0.2) is 0 Å². The van der Waals surface area contributed by atoms with Gasteiger partial charge in [0.2, 0.25) is 0 Å². The maximum Gasteiger partial charge on any atom is 0.120 e. The molecular formula is C19H25NO. The van der Waals surface area contributed by atoms with Crippen LogP contribution in [0.15, 0.2) is 48.5 Å². The van der Waals surface area contributed by atoms with Crippen molar-refractivity contribution in [2.24, 2.45) is 0 Å². The molecule has 0 radical (unpaired) electrons. The fourth-order valence-electron chi connectivity index (χ4n) is 2.18. The van der Waals surface area contributed by atoms with Crippen LogP contribution in [0.3, 0.4) is 0 Å². The first kappa shape index (κ1) is 15.6. The van der Waals surface area contributed by atoms with Crippen molar-refractivity contribution in [3.8, 4) is 5.75 Å². The molecule has 0 aliphatic carbocycles. The van der Waals surface area contributed by atoms with E-state index in [1.165, 1.54) is 16.7 Å². The molecule has 2 rings (SSSR count). The van der Waals surface area contributed by atoms with Crippen molar-refractivity contribution >= 4 is 0 Å². The summed E-state index contributed by atoms with van der Waals surface area (Å²) in [6.07, 6.45) is 0. The predicted octanol–water partition coefficient (Wildman–Crippen LogP) is 4.28. The van der Waals surface area contributed by atoms with Gasteiger partial charge in [-0.1, -0.05) is 57.2 Å². The van der Waals surface area contributed by atoms with E-state index in [0.717, 1.165) is 12.3 Å². The Morgan fingerprint density at radius 3 is 2.24 bits per heavy atom. The lowest BCUT2D eigenvalue weighted by atomic mass is 9.87. The summed E-state index contributed by atoms with van der Waals surface area (Å²) in [5.74, 6) is 0.932. The number of nitrogens with one attached hydrogen (secondary N) is 1. The van der Waals surface area contributed by atoms with Gasteiger partial charge in [-0.05, 0) is 41.3 Å². The van der Waals surface area contributed by atoms with E-state index in [4.69, 9.17) is 4.74 Å². The first-order valence-corrected chi connectivity index (χ1v) is 7.45. The minimum absolute atomic E-state index is 0.147. The van der Waals surface area contributed by atoms with Crippen LogP contribution in [0.25, 0.3) is 0 Å². The van der Waals surface area contributed by atoms with E-state index in [0.29, 0.717) is 6.61 Å². The summed E-state index contributed by atoms with van der Waals surface area (Å²) >= 11 is 0. The molecule has 0 spiro atoms. The van der Waals surface area contributed by atoms with Gasteiger partial charge in [0.05, 0.1) is 0 Å². The van der Waals surface area contributed by atoms with Crippen LogP contribution in [0.5, 0.6) is 5.75 Å². The van der Waals surface area contributed by atoms with Crippen LogP contribution in [0.4, 0.5) is 0 Å². The monoisotopic (exact) mass is 283 g/mol. The zero-order chi connectivity index (χ0) is 15.3. The van der Waals surface area contributed by atoms with Gasteiger partial charge < -0.3 is 10.1 Å². The van der Waals surface area contributed by atoms with Gasteiger partial charge in [0, 0.05) is 6.54 Å². The van der Waals surface area contributed by atoms with E-state index in [2.05, 4.69) is 68.6 Å². The summed E-state index contributed by atoms with van der Waals surface area (Å²) < 4.78 is 5.91. The quantitative estimate of drug-likeness (QED) is 0.884. The molecule has 0 heterocycles. The minimum Gasteiger partial charge on any atom is -0.489 e. The maximum absolute atomic E-state index is 5.91. The Morgan fingerprint density at radius 2 is 1.62 bits per heavy atom. The molecule has 2 aromatic rings. The Morgan fingerprint density at radius 1 is 0.952 bits per heavy atom. The van der Waals surface area contributed by atoms with E-state index in [9.17, 15) is 0 Å². The summed E-state index contributed by atoms with van der Waals surface area (Å²) in [6, 6.07) is 16.9. The van der Waals surface area contributed by atoms with E-state index in [1.54, 1.807) is 0 Å². The number of benzene rings is 2. The summed E-state index contributed by atoms with van der Waals surface area (Å²) in [7, 11) is 1.96. The van der Waals surface area contributed by atoms with Gasteiger partial charge in [-0.15, -0.1) is 0 Å². The molecule has 0 aromatic heterocycles. The first-order chi connectivity index (χ1) is 9.99. The topological polar surface area (TPSA) is 21.3 Å². The molecule has 0 unspecified atom stereocenters. The number of hydrogen-bond acceptors (Lipinski definition) is 2. The van der Waals surface area contributed by atoms with Crippen LogP contribution >= 0.6 is 0 Å². The van der Waals surface area contributed by atoms with Crippen LogP contribution in [-0.2, 0) is 18.6 Å². The lowest BCUT2D eigenvalue weighted by molar-refractivity contribution is 0.305. The molecule has 2 aromatic carbocycles. The van der Waals surface area contributed by atoms with Gasteiger partial charge in [0.1, 0.15) is 12.4 Å². The molecule has 112 valence electrons. The molecule has 0 saturated heterocycles. The van der Waals surface area contributed by atoms with E-state index in [-0.39, 0.29) is 5.41 Å². The smallest absolute Gasteiger partial charge is 0.120 e. The molecule has 0 aliphatic heterocycles. The average Bonchev–Trinajstić information content (AvgIpc) is 2.46. The highest BCUT2D eigenvalue weighted by atomic mass is 16.5. The van der Waals surface area contributed by atoms with Crippen molar-refractivity contribution in [3.05, 3.63) is 65.2 Å². The summed E-state index contributed by atoms with van der Waals surface area (Å²) in [5, 5.41) is 3.15. The Labute approximate surface area is 128 Å². The van der Waals surface area contributed by atoms with Gasteiger partial charge in [-0.2, -0.15) is 0 Å². The zero-order valence-corrected chi connectivity index (χ0v) is 13.4. The summed E-state index contributed by atoms with van der Waals surface area (Å²) in [5.41, 5.74) is 3.92. The molecule has 0 bridgehead atoms. The number of hydrogen-bond donors (Lipinski definition) is 1. The molecule has 0 fully saturated rings. The SMILES string of the molecule is CNCc1ccc(COc2cccc(C(C)(C)C)c2)cc1. The van der Waals surface area contributed by atoms with Crippen molar-refractivity contribution < 1.29 is 4.74 Å². The highest BCUT2D eigenvalue weighted by Gasteiger charge is 2.13. The van der Waals surface area contributed by atoms with E-state index < -0.39 is 0 Å².